The molecule has 1 saturated heterocycles. The highest BCUT2D eigenvalue weighted by Gasteiger charge is 2.37. The first-order valence-corrected chi connectivity index (χ1v) is 11.5. The van der Waals surface area contributed by atoms with Crippen molar-refractivity contribution in [2.45, 2.75) is 44.9 Å². The monoisotopic (exact) mass is 429 g/mol. The number of aromatic hydroxyl groups is 1. The van der Waals surface area contributed by atoms with Gasteiger partial charge in [-0.2, -0.15) is 8.42 Å². The molecular formula is C19H27NO6S2. The van der Waals surface area contributed by atoms with Gasteiger partial charge in [-0.05, 0) is 46.7 Å². The Labute approximate surface area is 170 Å². The number of aliphatic carboxylic acids is 1. The lowest BCUT2D eigenvalue weighted by molar-refractivity contribution is -0.138. The minimum absolute atomic E-state index is 0.0655. The minimum Gasteiger partial charge on any atom is -0.507 e. The molecule has 3 N–H and O–H groups in total. The van der Waals surface area contributed by atoms with Gasteiger partial charge in [0, 0.05) is 17.2 Å². The number of rotatable bonds is 6. The van der Waals surface area contributed by atoms with Crippen molar-refractivity contribution in [1.29, 1.82) is 0 Å². The molecule has 0 amide bonds. The molecule has 7 nitrogen and oxygen atoms in total. The van der Waals surface area contributed by atoms with Gasteiger partial charge in [-0.25, -0.2) is 0 Å². The van der Waals surface area contributed by atoms with Crippen LogP contribution in [0.2, 0.25) is 0 Å². The number of carboxylic acids is 1. The third-order valence-electron chi connectivity index (χ3n) is 4.59. The molecule has 156 valence electrons. The van der Waals surface area contributed by atoms with Gasteiger partial charge in [0.1, 0.15) is 5.75 Å². The molecular weight excluding hydrogens is 402 g/mol. The molecule has 28 heavy (non-hydrogen) atoms. The zero-order chi connectivity index (χ0) is 21.2. The van der Waals surface area contributed by atoms with Crippen LogP contribution in [0.5, 0.6) is 5.75 Å². The van der Waals surface area contributed by atoms with Gasteiger partial charge in [0.2, 0.25) is 0 Å². The fourth-order valence-corrected chi connectivity index (χ4v) is 5.82. The summed E-state index contributed by atoms with van der Waals surface area (Å²) < 4.78 is 33.8. The molecule has 2 rings (SSSR count). The summed E-state index contributed by atoms with van der Waals surface area (Å²) in [5.74, 6) is -0.278. The summed E-state index contributed by atoms with van der Waals surface area (Å²) in [6.07, 6.45) is 1.66. The van der Waals surface area contributed by atoms with E-state index in [1.54, 1.807) is 18.2 Å². The molecule has 1 aromatic carbocycles. The summed E-state index contributed by atoms with van der Waals surface area (Å²) in [6.45, 7) is 7.60. The highest BCUT2D eigenvalue weighted by Crippen LogP contribution is 2.38. The quantitative estimate of drug-likeness (QED) is 0.590. The maximum atomic E-state index is 12.0. The second-order valence-corrected chi connectivity index (χ2v) is 10.1. The van der Waals surface area contributed by atoms with E-state index in [9.17, 15) is 22.9 Å². The summed E-state index contributed by atoms with van der Waals surface area (Å²) in [4.78, 5) is 12.7. The molecule has 0 aliphatic carbocycles. The Kier molecular flexibility index (Phi) is 7.19. The van der Waals surface area contributed by atoms with E-state index in [1.807, 2.05) is 27.7 Å². The molecule has 0 spiro atoms. The summed E-state index contributed by atoms with van der Waals surface area (Å²) in [5.41, 5.74) is 2.22. The van der Waals surface area contributed by atoms with Crippen LogP contribution < -0.4 is 0 Å². The van der Waals surface area contributed by atoms with Crippen molar-refractivity contribution in [3.05, 3.63) is 33.7 Å². The second-order valence-electron chi connectivity index (χ2n) is 7.48. The molecule has 1 unspecified atom stereocenters. The van der Waals surface area contributed by atoms with Crippen molar-refractivity contribution in [3.8, 4) is 5.75 Å². The van der Waals surface area contributed by atoms with E-state index in [0.29, 0.717) is 16.2 Å². The number of hydrogen-bond acceptors (Lipinski definition) is 6. The van der Waals surface area contributed by atoms with Gasteiger partial charge < -0.3 is 10.2 Å². The molecule has 0 radical (unpaired) electrons. The van der Waals surface area contributed by atoms with E-state index in [4.69, 9.17) is 5.11 Å². The first-order valence-electron chi connectivity index (χ1n) is 9.05. The first-order chi connectivity index (χ1) is 12.9. The molecule has 1 aliphatic heterocycles. The maximum Gasteiger partial charge on any atom is 0.317 e. The first kappa shape index (κ1) is 22.7. The molecule has 0 aromatic heterocycles. The zero-order valence-corrected chi connectivity index (χ0v) is 18.0. The lowest BCUT2D eigenvalue weighted by Crippen LogP contribution is -2.47. The Bertz CT molecular complexity index is 847. The van der Waals surface area contributed by atoms with Crippen LogP contribution in [0.25, 0.3) is 6.08 Å². The van der Waals surface area contributed by atoms with Crippen molar-refractivity contribution < 1.29 is 28.0 Å². The second kappa shape index (κ2) is 8.86. The average molecular weight is 430 g/mol. The third kappa shape index (κ3) is 5.28. The van der Waals surface area contributed by atoms with Gasteiger partial charge in [0.15, 0.2) is 5.37 Å². The lowest BCUT2D eigenvalue weighted by Gasteiger charge is -2.33. The van der Waals surface area contributed by atoms with Crippen LogP contribution >= 0.6 is 11.8 Å². The predicted octanol–water partition coefficient (Wildman–Crippen LogP) is 3.33. The van der Waals surface area contributed by atoms with Crippen LogP contribution in [0.15, 0.2) is 17.0 Å². The fourth-order valence-electron chi connectivity index (χ4n) is 3.27. The van der Waals surface area contributed by atoms with Crippen LogP contribution in [0, 0.1) is 0 Å². The van der Waals surface area contributed by atoms with Crippen LogP contribution in [-0.4, -0.2) is 58.3 Å². The number of benzene rings is 1. The van der Waals surface area contributed by atoms with E-state index < -0.39 is 28.0 Å². The minimum atomic E-state index is -4.53. The normalized spacial score (nSPS) is 20.2. The number of nitrogens with zero attached hydrogens (tertiary/aromatic N) is 1. The maximum absolute atomic E-state index is 12.0. The number of hydrogen-bond donors (Lipinski definition) is 3. The topological polar surface area (TPSA) is 115 Å². The van der Waals surface area contributed by atoms with Crippen LogP contribution in [-0.2, 0) is 14.9 Å². The standard InChI is InChI=1S/C19H27NO6S2/c1-11(2)14-7-13(8-15(12(3)4)18(14)23)9-16-19(28(24,25)26)20(5-6-27-16)10-17(21)22/h7-9,11-12,19,23H,5-6,10H2,1-4H3,(H,21,22)(H,24,25,26). The Morgan fingerprint density at radius 1 is 1.25 bits per heavy atom. The highest BCUT2D eigenvalue weighted by molar-refractivity contribution is 8.04. The van der Waals surface area contributed by atoms with Crippen molar-refractivity contribution in [3.63, 3.8) is 0 Å². The smallest absolute Gasteiger partial charge is 0.317 e. The highest BCUT2D eigenvalue weighted by atomic mass is 32.2. The molecule has 1 aliphatic rings. The van der Waals surface area contributed by atoms with Crippen molar-refractivity contribution in [1.82, 2.24) is 4.90 Å². The van der Waals surface area contributed by atoms with E-state index in [2.05, 4.69) is 0 Å². The number of phenols is 1. The van der Waals surface area contributed by atoms with Gasteiger partial charge in [-0.15, -0.1) is 11.8 Å². The van der Waals surface area contributed by atoms with Gasteiger partial charge >= 0.3 is 5.97 Å². The summed E-state index contributed by atoms with van der Waals surface area (Å²) >= 11 is 1.28. The van der Waals surface area contributed by atoms with E-state index in [-0.39, 0.29) is 24.1 Å². The van der Waals surface area contributed by atoms with Crippen molar-refractivity contribution in [2.24, 2.45) is 0 Å². The van der Waals surface area contributed by atoms with Crippen LogP contribution in [0.3, 0.4) is 0 Å². The Hall–Kier alpha value is -1.55. The molecule has 0 bridgehead atoms. The molecule has 1 atom stereocenters. The van der Waals surface area contributed by atoms with E-state index in [1.165, 1.54) is 16.7 Å². The summed E-state index contributed by atoms with van der Waals surface area (Å²) in [6, 6.07) is 3.60. The molecule has 9 heteroatoms. The third-order valence-corrected chi connectivity index (χ3v) is 6.91. The number of thioether (sulfide) groups is 1. The summed E-state index contributed by atoms with van der Waals surface area (Å²) in [5, 5.41) is 18.2. The Morgan fingerprint density at radius 2 is 1.79 bits per heavy atom. The number of phenolic OH excluding ortho intramolecular Hbond substituents is 1. The zero-order valence-electron chi connectivity index (χ0n) is 16.4. The SMILES string of the molecule is CC(C)c1cc(C=C2SCCN(CC(=O)O)C2S(=O)(=O)O)cc(C(C)C)c1O. The largest absolute Gasteiger partial charge is 0.507 e. The molecule has 1 aromatic rings. The van der Waals surface area contributed by atoms with Crippen LogP contribution in [0.1, 0.15) is 56.2 Å². The van der Waals surface area contributed by atoms with Gasteiger partial charge in [0.25, 0.3) is 10.1 Å². The molecule has 1 heterocycles. The van der Waals surface area contributed by atoms with E-state index >= 15 is 0 Å². The Morgan fingerprint density at radius 3 is 2.21 bits per heavy atom. The molecule has 1 fully saturated rings. The summed E-state index contributed by atoms with van der Waals surface area (Å²) in [7, 11) is -4.53. The number of carbonyl (C=O) groups is 1. The Balaban J connectivity index is 2.59. The fraction of sp³-hybridized carbons (Fsp3) is 0.526. The van der Waals surface area contributed by atoms with Gasteiger partial charge in [-0.3, -0.25) is 14.2 Å². The number of carboxylic acid groups (broad SMARTS) is 1. The van der Waals surface area contributed by atoms with Gasteiger partial charge in [0.05, 0.1) is 6.54 Å². The average Bonchev–Trinajstić information content (AvgIpc) is 2.54. The predicted molar refractivity (Wildman–Crippen MR) is 111 cm³/mol. The van der Waals surface area contributed by atoms with Gasteiger partial charge in [-0.1, -0.05) is 27.7 Å². The van der Waals surface area contributed by atoms with Crippen LogP contribution in [0.4, 0.5) is 0 Å². The van der Waals surface area contributed by atoms with Crippen molar-refractivity contribution >= 4 is 33.9 Å². The van der Waals surface area contributed by atoms with E-state index in [0.717, 1.165) is 11.1 Å². The lowest BCUT2D eigenvalue weighted by atomic mass is 9.91. The van der Waals surface area contributed by atoms with Crippen molar-refractivity contribution in [2.75, 3.05) is 18.8 Å². The molecule has 0 saturated carbocycles.